The minimum atomic E-state index is -4.97. The summed E-state index contributed by atoms with van der Waals surface area (Å²) in [6.07, 6.45) is 60.6. The maximum Gasteiger partial charge on any atom is 0.472 e. The van der Waals surface area contributed by atoms with Gasteiger partial charge in [-0.25, -0.2) is 9.13 Å². The van der Waals surface area contributed by atoms with Crippen LogP contribution < -0.4 is 0 Å². The highest BCUT2D eigenvalue weighted by Gasteiger charge is 2.30. The topological polar surface area (TPSA) is 237 Å². The van der Waals surface area contributed by atoms with Crippen LogP contribution in [0.5, 0.6) is 0 Å². The molecule has 97 heavy (non-hydrogen) atoms. The van der Waals surface area contributed by atoms with E-state index in [9.17, 15) is 43.2 Å². The van der Waals surface area contributed by atoms with Crippen LogP contribution in [0.1, 0.15) is 382 Å². The zero-order chi connectivity index (χ0) is 71.4. The van der Waals surface area contributed by atoms with Gasteiger partial charge >= 0.3 is 39.5 Å². The Hall–Kier alpha value is -2.46. The van der Waals surface area contributed by atoms with Crippen LogP contribution in [0.4, 0.5) is 0 Å². The van der Waals surface area contributed by atoms with Crippen LogP contribution in [-0.2, 0) is 65.4 Å². The van der Waals surface area contributed by atoms with Crippen LogP contribution in [0.25, 0.3) is 0 Å². The number of allylic oxidation sites excluding steroid dienone is 4. The molecule has 0 amide bonds. The molecule has 0 saturated heterocycles. The van der Waals surface area contributed by atoms with Crippen LogP contribution in [0.15, 0.2) is 24.3 Å². The first-order valence-electron chi connectivity index (χ1n) is 39.8. The van der Waals surface area contributed by atoms with Crippen molar-refractivity contribution < 1.29 is 80.2 Å². The van der Waals surface area contributed by atoms with Gasteiger partial charge in [-0.1, -0.05) is 329 Å². The number of esters is 4. The molecule has 0 bridgehead atoms. The van der Waals surface area contributed by atoms with Crippen molar-refractivity contribution in [1.29, 1.82) is 0 Å². The van der Waals surface area contributed by atoms with Crippen LogP contribution in [-0.4, -0.2) is 96.7 Å². The molecule has 17 nitrogen and oxygen atoms in total. The Balaban J connectivity index is 5.26. The summed E-state index contributed by atoms with van der Waals surface area (Å²) in [7, 11) is -9.93. The van der Waals surface area contributed by atoms with Crippen molar-refractivity contribution in [1.82, 2.24) is 0 Å². The van der Waals surface area contributed by atoms with E-state index in [2.05, 4.69) is 65.8 Å². The molecule has 572 valence electrons. The van der Waals surface area contributed by atoms with Crippen molar-refractivity contribution in [3.63, 3.8) is 0 Å². The van der Waals surface area contributed by atoms with Gasteiger partial charge in [-0.3, -0.25) is 37.3 Å². The van der Waals surface area contributed by atoms with Crippen molar-refractivity contribution >= 4 is 39.5 Å². The molecule has 0 spiro atoms. The van der Waals surface area contributed by atoms with E-state index >= 15 is 0 Å². The second-order valence-corrected chi connectivity index (χ2v) is 31.3. The van der Waals surface area contributed by atoms with Gasteiger partial charge in [0.15, 0.2) is 12.2 Å². The van der Waals surface area contributed by atoms with Crippen LogP contribution in [0.2, 0.25) is 0 Å². The van der Waals surface area contributed by atoms with E-state index in [1.165, 1.54) is 173 Å². The van der Waals surface area contributed by atoms with Gasteiger partial charge < -0.3 is 33.8 Å². The van der Waals surface area contributed by atoms with Crippen molar-refractivity contribution in [2.24, 2.45) is 11.8 Å². The molecule has 0 aliphatic rings. The number of hydrogen-bond acceptors (Lipinski definition) is 15. The lowest BCUT2D eigenvalue weighted by molar-refractivity contribution is -0.161. The van der Waals surface area contributed by atoms with Crippen molar-refractivity contribution in [2.75, 3.05) is 39.6 Å². The summed E-state index contributed by atoms with van der Waals surface area (Å²) in [5.74, 6) is -0.692. The van der Waals surface area contributed by atoms with Crippen LogP contribution in [0.3, 0.4) is 0 Å². The lowest BCUT2D eigenvalue weighted by Crippen LogP contribution is -2.30. The summed E-state index contributed by atoms with van der Waals surface area (Å²) < 4.78 is 68.5. The third-order valence-corrected chi connectivity index (χ3v) is 19.5. The van der Waals surface area contributed by atoms with Gasteiger partial charge in [0.2, 0.25) is 0 Å². The number of phosphoric ester groups is 2. The van der Waals surface area contributed by atoms with Gasteiger partial charge in [0, 0.05) is 25.7 Å². The quantitative estimate of drug-likeness (QED) is 0.0169. The number of hydrogen-bond donors (Lipinski definition) is 3. The molecule has 3 N–H and O–H groups in total. The highest BCUT2D eigenvalue weighted by Crippen LogP contribution is 2.45. The Morgan fingerprint density at radius 2 is 0.557 bits per heavy atom. The second-order valence-electron chi connectivity index (χ2n) is 28.4. The van der Waals surface area contributed by atoms with E-state index in [4.69, 9.17) is 37.0 Å². The molecule has 0 aliphatic carbocycles. The first-order valence-corrected chi connectivity index (χ1v) is 42.8. The number of ether oxygens (including phenoxy) is 4. The zero-order valence-corrected chi connectivity index (χ0v) is 64.7. The van der Waals surface area contributed by atoms with Crippen LogP contribution >= 0.6 is 15.6 Å². The molecule has 0 rings (SSSR count). The molecular formula is C78H148O17P2. The highest BCUT2D eigenvalue weighted by molar-refractivity contribution is 7.47. The molecular weight excluding hydrogens is 1270 g/mol. The zero-order valence-electron chi connectivity index (χ0n) is 62.9. The molecule has 0 aromatic rings. The average Bonchev–Trinajstić information content (AvgIpc) is 2.14. The molecule has 5 atom stereocenters. The summed E-state index contributed by atoms with van der Waals surface area (Å²) in [5, 5.41) is 10.6. The van der Waals surface area contributed by atoms with E-state index in [-0.39, 0.29) is 25.7 Å². The number of carbonyl (C=O) groups excluding carboxylic acids is 4. The minimum Gasteiger partial charge on any atom is -0.462 e. The number of unbranched alkanes of at least 4 members (excludes halogenated alkanes) is 42. The molecule has 0 aliphatic heterocycles. The van der Waals surface area contributed by atoms with Gasteiger partial charge in [-0.15, -0.1) is 0 Å². The lowest BCUT2D eigenvalue weighted by atomic mass is 10.0. The van der Waals surface area contributed by atoms with E-state index in [0.717, 1.165) is 121 Å². The maximum atomic E-state index is 13.1. The number of phosphoric acid groups is 2. The predicted molar refractivity (Wildman–Crippen MR) is 395 cm³/mol. The average molecular weight is 1420 g/mol. The van der Waals surface area contributed by atoms with Gasteiger partial charge in [-0.05, 0) is 63.2 Å². The Labute approximate surface area is 592 Å². The molecule has 19 heteroatoms. The first-order chi connectivity index (χ1) is 46.9. The van der Waals surface area contributed by atoms with Gasteiger partial charge in [0.05, 0.1) is 26.4 Å². The Morgan fingerprint density at radius 3 is 0.845 bits per heavy atom. The SMILES string of the molecule is CCCCCC/C=C\C=C/CCCCCCCC(=O)OC[C@H](COP(=O)(O)OC[C@@H](O)COP(=O)(O)OC[C@@H](COC(=O)CCCCCCCCC(C)C)OC(=O)CCCCCCCCCCCCCCC(C)C)OC(=O)CCCCCCCCCCCCCCCCCCCC. The van der Waals surface area contributed by atoms with E-state index in [0.29, 0.717) is 31.6 Å². The van der Waals surface area contributed by atoms with Gasteiger partial charge in [0.25, 0.3) is 0 Å². The molecule has 0 aromatic heterocycles. The first kappa shape index (κ1) is 94.5. The Bertz CT molecular complexity index is 1970. The summed E-state index contributed by atoms with van der Waals surface area (Å²) >= 11 is 0. The summed E-state index contributed by atoms with van der Waals surface area (Å²) in [6, 6.07) is 0. The fourth-order valence-corrected chi connectivity index (χ4v) is 13.0. The number of carbonyl (C=O) groups is 4. The summed E-state index contributed by atoms with van der Waals surface area (Å²) in [6.45, 7) is 9.47. The number of aliphatic hydroxyl groups is 1. The Kier molecular flexibility index (Phi) is 67.5. The lowest BCUT2D eigenvalue weighted by Gasteiger charge is -2.21. The van der Waals surface area contributed by atoms with E-state index < -0.39 is 97.5 Å². The largest absolute Gasteiger partial charge is 0.472 e. The number of aliphatic hydroxyl groups excluding tert-OH is 1. The summed E-state index contributed by atoms with van der Waals surface area (Å²) in [4.78, 5) is 72.8. The minimum absolute atomic E-state index is 0.101. The smallest absolute Gasteiger partial charge is 0.462 e. The van der Waals surface area contributed by atoms with Gasteiger partial charge in [0.1, 0.15) is 19.3 Å². The molecule has 2 unspecified atom stereocenters. The molecule has 0 heterocycles. The summed E-state index contributed by atoms with van der Waals surface area (Å²) in [5.41, 5.74) is 0. The normalized spacial score (nSPS) is 14.1. The molecule has 0 radical (unpaired) electrons. The third kappa shape index (κ3) is 71.7. The van der Waals surface area contributed by atoms with Crippen LogP contribution in [0, 0.1) is 11.8 Å². The molecule has 0 saturated carbocycles. The highest BCUT2D eigenvalue weighted by atomic mass is 31.2. The molecule has 0 fully saturated rings. The monoisotopic (exact) mass is 1420 g/mol. The molecule has 0 aromatic carbocycles. The van der Waals surface area contributed by atoms with E-state index in [1.54, 1.807) is 0 Å². The third-order valence-electron chi connectivity index (χ3n) is 17.6. The fraction of sp³-hybridized carbons (Fsp3) is 0.897. The maximum absolute atomic E-state index is 13.1. The van der Waals surface area contributed by atoms with Crippen molar-refractivity contribution in [2.45, 2.75) is 400 Å². The number of rotatable bonds is 75. The van der Waals surface area contributed by atoms with Crippen molar-refractivity contribution in [3.05, 3.63) is 24.3 Å². The van der Waals surface area contributed by atoms with Crippen molar-refractivity contribution in [3.8, 4) is 0 Å². The second kappa shape index (κ2) is 69.3. The Morgan fingerprint density at radius 1 is 0.320 bits per heavy atom. The standard InChI is InChI=1S/C78H148O17P2/c1-7-9-11-13-15-17-19-21-23-24-25-27-29-34-38-42-50-56-62-77(82)94-73(66-88-75(80)60-54-48-41-37-33-28-26-22-20-18-16-14-12-10-8-2)68-92-96(84,85)90-64-72(79)65-91-97(86,87)93-69-74(67-89-76(81)61-55-49-45-44-47-53-59-71(5)6)95-78(83)63-57-51-43-39-35-31-30-32-36-40-46-52-58-70(3)4/h18,20,22,26,70-74,79H,7-17,19,21,23-25,27-69H2,1-6H3,(H,84,85)(H,86,87)/b20-18-,26-22-/t72-,73-,74-/m1/s1. The van der Waals surface area contributed by atoms with E-state index in [1.807, 2.05) is 0 Å². The van der Waals surface area contributed by atoms with Gasteiger partial charge in [-0.2, -0.15) is 0 Å². The fourth-order valence-electron chi connectivity index (χ4n) is 11.5. The predicted octanol–water partition coefficient (Wildman–Crippen LogP) is 22.7.